The number of hydrogen-bond donors (Lipinski definition) is 1. The lowest BCUT2D eigenvalue weighted by Crippen LogP contribution is -2.36. The zero-order valence-electron chi connectivity index (χ0n) is 13.8. The number of benzene rings is 3. The molecule has 0 saturated carbocycles. The van der Waals surface area contributed by atoms with Gasteiger partial charge in [0.1, 0.15) is 0 Å². The van der Waals surface area contributed by atoms with Crippen LogP contribution in [-0.2, 0) is 0 Å². The molecule has 3 rings (SSSR count). The van der Waals surface area contributed by atoms with Gasteiger partial charge in [-0.05, 0) is 85.6 Å². The van der Waals surface area contributed by atoms with Gasteiger partial charge in [0.05, 0.1) is 0 Å². The molecule has 0 unspecified atom stereocenters. The summed E-state index contributed by atoms with van der Waals surface area (Å²) in [6.07, 6.45) is 0. The molecule has 0 amide bonds. The highest BCUT2D eigenvalue weighted by Crippen LogP contribution is 2.29. The molecule has 0 aliphatic rings. The highest BCUT2D eigenvalue weighted by molar-refractivity contribution is 6.00. The fraction of sp³-hybridized carbons (Fsp3) is 0.300. The topological polar surface area (TPSA) is 29.3 Å². The largest absolute Gasteiger partial charge is 0.399 e. The van der Waals surface area contributed by atoms with E-state index in [4.69, 9.17) is 5.73 Å². The summed E-state index contributed by atoms with van der Waals surface area (Å²) >= 11 is 0. The van der Waals surface area contributed by atoms with Gasteiger partial charge < -0.3 is 10.6 Å². The lowest BCUT2D eigenvalue weighted by atomic mass is 10.0. The second-order valence-corrected chi connectivity index (χ2v) is 6.59. The number of hydrogen-bond acceptors (Lipinski definition) is 2. The van der Waals surface area contributed by atoms with E-state index in [1.807, 2.05) is 12.1 Å². The van der Waals surface area contributed by atoms with Gasteiger partial charge in [0.15, 0.2) is 0 Å². The Morgan fingerprint density at radius 1 is 0.682 bits per heavy atom. The Hall–Kier alpha value is -2.22. The van der Waals surface area contributed by atoms with Gasteiger partial charge in [-0.2, -0.15) is 0 Å². The third-order valence-electron chi connectivity index (χ3n) is 4.21. The van der Waals surface area contributed by atoms with Gasteiger partial charge in [0.25, 0.3) is 0 Å². The van der Waals surface area contributed by atoms with Crippen molar-refractivity contribution in [1.29, 1.82) is 0 Å². The summed E-state index contributed by atoms with van der Waals surface area (Å²) in [4.78, 5) is 2.45. The molecule has 0 bridgehead atoms. The molecule has 0 radical (unpaired) electrons. The van der Waals surface area contributed by atoms with Crippen molar-refractivity contribution >= 4 is 32.9 Å². The Kier molecular flexibility index (Phi) is 3.69. The second-order valence-electron chi connectivity index (χ2n) is 6.59. The molecule has 0 aliphatic heterocycles. The quantitative estimate of drug-likeness (QED) is 0.531. The van der Waals surface area contributed by atoms with Crippen LogP contribution in [0.25, 0.3) is 21.5 Å². The number of nitrogens with two attached hydrogens (primary N) is 1. The highest BCUT2D eigenvalue weighted by atomic mass is 15.2. The fourth-order valence-electron chi connectivity index (χ4n) is 3.36. The Morgan fingerprint density at radius 2 is 1.23 bits per heavy atom. The molecule has 22 heavy (non-hydrogen) atoms. The molecule has 3 aromatic carbocycles. The van der Waals surface area contributed by atoms with Crippen molar-refractivity contribution in [3.8, 4) is 0 Å². The van der Waals surface area contributed by atoms with E-state index in [1.54, 1.807) is 0 Å². The third kappa shape index (κ3) is 2.61. The average Bonchev–Trinajstić information content (AvgIpc) is 2.44. The SMILES string of the molecule is CC(C)N(c1ccc2cc3cc(N)ccc3cc2c1)C(C)C. The minimum absolute atomic E-state index is 0.484. The number of fused-ring (bicyclic) bond motifs is 2. The van der Waals surface area contributed by atoms with Crippen LogP contribution in [0.15, 0.2) is 48.5 Å². The lowest BCUT2D eigenvalue weighted by molar-refractivity contribution is 0.608. The predicted octanol–water partition coefficient (Wildman–Crippen LogP) is 5.20. The lowest BCUT2D eigenvalue weighted by Gasteiger charge is -2.33. The van der Waals surface area contributed by atoms with Crippen molar-refractivity contribution in [2.24, 2.45) is 0 Å². The Balaban J connectivity index is 2.17. The Morgan fingerprint density at radius 3 is 1.82 bits per heavy atom. The molecule has 0 saturated heterocycles. The van der Waals surface area contributed by atoms with Crippen LogP contribution < -0.4 is 10.6 Å². The first-order valence-corrected chi connectivity index (χ1v) is 7.97. The molecule has 2 heteroatoms. The van der Waals surface area contributed by atoms with E-state index in [9.17, 15) is 0 Å². The summed E-state index contributed by atoms with van der Waals surface area (Å²) in [5, 5.41) is 4.97. The van der Waals surface area contributed by atoms with Crippen LogP contribution >= 0.6 is 0 Å². The molecule has 2 N–H and O–H groups in total. The zero-order valence-corrected chi connectivity index (χ0v) is 13.8. The van der Waals surface area contributed by atoms with Crippen LogP contribution in [0.4, 0.5) is 11.4 Å². The fourth-order valence-corrected chi connectivity index (χ4v) is 3.36. The van der Waals surface area contributed by atoms with Gasteiger partial charge >= 0.3 is 0 Å². The average molecular weight is 292 g/mol. The molecule has 0 aromatic heterocycles. The van der Waals surface area contributed by atoms with Gasteiger partial charge in [-0.1, -0.05) is 12.1 Å². The molecular weight excluding hydrogens is 268 g/mol. The minimum atomic E-state index is 0.484. The first kappa shape index (κ1) is 14.7. The normalized spacial score (nSPS) is 11.7. The third-order valence-corrected chi connectivity index (χ3v) is 4.21. The van der Waals surface area contributed by atoms with Crippen molar-refractivity contribution < 1.29 is 0 Å². The first-order chi connectivity index (χ1) is 10.5. The summed E-state index contributed by atoms with van der Waals surface area (Å²) < 4.78 is 0. The summed E-state index contributed by atoms with van der Waals surface area (Å²) in [5.74, 6) is 0. The van der Waals surface area contributed by atoms with Crippen molar-refractivity contribution in [2.45, 2.75) is 39.8 Å². The summed E-state index contributed by atoms with van der Waals surface area (Å²) in [6, 6.07) is 18.3. The van der Waals surface area contributed by atoms with Crippen molar-refractivity contribution in [3.05, 3.63) is 48.5 Å². The number of rotatable bonds is 3. The van der Waals surface area contributed by atoms with Gasteiger partial charge in [-0.3, -0.25) is 0 Å². The molecule has 0 spiro atoms. The van der Waals surface area contributed by atoms with E-state index < -0.39 is 0 Å². The van der Waals surface area contributed by atoms with E-state index in [0.717, 1.165) is 5.69 Å². The Bertz CT molecular complexity index is 810. The molecular formula is C20H24N2. The number of nitrogen functional groups attached to an aromatic ring is 1. The monoisotopic (exact) mass is 292 g/mol. The standard InChI is InChI=1S/C20H24N2/c1-13(2)22(14(3)4)20-8-6-16-9-17-11-19(21)7-5-15(17)10-18(16)12-20/h5-14H,21H2,1-4H3. The van der Waals surface area contributed by atoms with Gasteiger partial charge in [0, 0.05) is 23.5 Å². The Labute approximate surface area is 132 Å². The van der Waals surface area contributed by atoms with E-state index in [2.05, 4.69) is 69.0 Å². The number of nitrogens with zero attached hydrogens (tertiary/aromatic N) is 1. The van der Waals surface area contributed by atoms with Gasteiger partial charge in [-0.15, -0.1) is 0 Å². The van der Waals surface area contributed by atoms with E-state index in [1.165, 1.54) is 27.2 Å². The van der Waals surface area contributed by atoms with Crippen molar-refractivity contribution in [2.75, 3.05) is 10.6 Å². The molecule has 0 aliphatic carbocycles. The van der Waals surface area contributed by atoms with Gasteiger partial charge in [0.2, 0.25) is 0 Å². The minimum Gasteiger partial charge on any atom is -0.399 e. The maximum absolute atomic E-state index is 5.89. The van der Waals surface area contributed by atoms with Crippen LogP contribution in [-0.4, -0.2) is 12.1 Å². The van der Waals surface area contributed by atoms with Crippen LogP contribution in [0.5, 0.6) is 0 Å². The zero-order chi connectivity index (χ0) is 15.9. The molecule has 0 heterocycles. The number of anilines is 2. The second kappa shape index (κ2) is 5.53. The molecule has 114 valence electrons. The van der Waals surface area contributed by atoms with Crippen molar-refractivity contribution in [1.82, 2.24) is 0 Å². The summed E-state index contributed by atoms with van der Waals surface area (Å²) in [5.41, 5.74) is 7.99. The summed E-state index contributed by atoms with van der Waals surface area (Å²) in [6.45, 7) is 8.97. The van der Waals surface area contributed by atoms with Crippen LogP contribution in [0, 0.1) is 0 Å². The molecule has 2 nitrogen and oxygen atoms in total. The van der Waals surface area contributed by atoms with Crippen LogP contribution in [0.2, 0.25) is 0 Å². The van der Waals surface area contributed by atoms with E-state index in [-0.39, 0.29) is 0 Å². The first-order valence-electron chi connectivity index (χ1n) is 7.97. The molecule has 0 fully saturated rings. The predicted molar refractivity (Wildman–Crippen MR) is 98.6 cm³/mol. The van der Waals surface area contributed by atoms with E-state index in [0.29, 0.717) is 12.1 Å². The highest BCUT2D eigenvalue weighted by Gasteiger charge is 2.14. The van der Waals surface area contributed by atoms with E-state index >= 15 is 0 Å². The van der Waals surface area contributed by atoms with Crippen LogP contribution in [0.3, 0.4) is 0 Å². The summed E-state index contributed by atoms with van der Waals surface area (Å²) in [7, 11) is 0. The smallest absolute Gasteiger partial charge is 0.0377 e. The maximum atomic E-state index is 5.89. The van der Waals surface area contributed by atoms with Gasteiger partial charge in [-0.25, -0.2) is 0 Å². The molecule has 3 aromatic rings. The molecule has 0 atom stereocenters. The maximum Gasteiger partial charge on any atom is 0.0377 e. The van der Waals surface area contributed by atoms with Crippen LogP contribution in [0.1, 0.15) is 27.7 Å². The van der Waals surface area contributed by atoms with Crippen molar-refractivity contribution in [3.63, 3.8) is 0 Å².